The highest BCUT2D eigenvalue weighted by atomic mass is 16.3. The summed E-state index contributed by atoms with van der Waals surface area (Å²) >= 11 is 0. The van der Waals surface area contributed by atoms with E-state index >= 15 is 0 Å². The maximum atomic E-state index is 13.8. The van der Waals surface area contributed by atoms with Gasteiger partial charge in [0.05, 0.1) is 24.4 Å². The van der Waals surface area contributed by atoms with Crippen molar-refractivity contribution in [2.24, 2.45) is 5.92 Å². The van der Waals surface area contributed by atoms with Crippen molar-refractivity contribution in [2.75, 3.05) is 32.8 Å². The SMILES string of the molecule is CCCCN1C(=O)[C@@H]([C@H](O)C(C)C)NC(=O)C12CCN(C(c1ccc(C(=O)NCCO)cc1)c1c(C)n[nH]c1C)CC2. The molecule has 0 aliphatic carbocycles. The molecule has 11 nitrogen and oxygen atoms in total. The van der Waals surface area contributed by atoms with Crippen LogP contribution in [0.1, 0.15) is 85.4 Å². The average Bonchev–Trinajstić information content (AvgIpc) is 3.31. The van der Waals surface area contributed by atoms with Crippen LogP contribution in [0.15, 0.2) is 24.3 Å². The first-order valence-electron chi connectivity index (χ1n) is 15.1. The van der Waals surface area contributed by atoms with Gasteiger partial charge in [0, 0.05) is 43.0 Å². The lowest BCUT2D eigenvalue weighted by atomic mass is 9.79. The molecule has 11 heteroatoms. The summed E-state index contributed by atoms with van der Waals surface area (Å²) in [4.78, 5) is 44.0. The Morgan fingerprint density at radius 2 is 1.83 bits per heavy atom. The van der Waals surface area contributed by atoms with Crippen LogP contribution in [0.4, 0.5) is 0 Å². The van der Waals surface area contributed by atoms with Crippen molar-refractivity contribution in [2.45, 2.75) is 84.0 Å². The predicted molar refractivity (Wildman–Crippen MR) is 159 cm³/mol. The van der Waals surface area contributed by atoms with Crippen molar-refractivity contribution < 1.29 is 24.6 Å². The summed E-state index contributed by atoms with van der Waals surface area (Å²) in [6, 6.07) is 6.34. The first kappa shape index (κ1) is 31.7. The number of aliphatic hydroxyl groups excluding tert-OH is 2. The van der Waals surface area contributed by atoms with Crippen LogP contribution in [0.2, 0.25) is 0 Å². The summed E-state index contributed by atoms with van der Waals surface area (Å²) < 4.78 is 0. The Morgan fingerprint density at radius 3 is 2.38 bits per heavy atom. The van der Waals surface area contributed by atoms with Crippen LogP contribution in [0, 0.1) is 19.8 Å². The first-order chi connectivity index (χ1) is 20.0. The predicted octanol–water partition coefficient (Wildman–Crippen LogP) is 1.82. The lowest BCUT2D eigenvalue weighted by Crippen LogP contribution is -2.75. The average molecular weight is 583 g/mol. The number of nitrogens with zero attached hydrogens (tertiary/aromatic N) is 3. The second-order valence-corrected chi connectivity index (χ2v) is 11.9. The Hall–Kier alpha value is -3.28. The number of hydrogen-bond donors (Lipinski definition) is 5. The number of amides is 3. The zero-order valence-corrected chi connectivity index (χ0v) is 25.4. The van der Waals surface area contributed by atoms with Gasteiger partial charge >= 0.3 is 0 Å². The summed E-state index contributed by atoms with van der Waals surface area (Å²) in [6.07, 6.45) is 1.65. The van der Waals surface area contributed by atoms with Crippen LogP contribution in [-0.2, 0) is 9.59 Å². The van der Waals surface area contributed by atoms with Gasteiger partial charge in [-0.3, -0.25) is 24.4 Å². The fourth-order valence-electron chi connectivity index (χ4n) is 6.36. The van der Waals surface area contributed by atoms with Crippen molar-refractivity contribution >= 4 is 17.7 Å². The summed E-state index contributed by atoms with van der Waals surface area (Å²) in [5.74, 6) is -0.805. The van der Waals surface area contributed by atoms with Crippen LogP contribution in [0.5, 0.6) is 0 Å². The number of piperazine rings is 1. The molecule has 3 atom stereocenters. The van der Waals surface area contributed by atoms with Gasteiger partial charge in [-0.1, -0.05) is 39.3 Å². The first-order valence-corrected chi connectivity index (χ1v) is 15.1. The summed E-state index contributed by atoms with van der Waals surface area (Å²) in [5, 5.41) is 32.9. The molecule has 5 N–H and O–H groups in total. The van der Waals surface area contributed by atoms with Gasteiger partial charge in [0.2, 0.25) is 11.8 Å². The van der Waals surface area contributed by atoms with Crippen LogP contribution < -0.4 is 10.6 Å². The van der Waals surface area contributed by atoms with Crippen molar-refractivity contribution in [3.05, 3.63) is 52.3 Å². The molecule has 2 aromatic rings. The number of nitrogens with one attached hydrogen (secondary N) is 3. The van der Waals surface area contributed by atoms with E-state index in [-0.39, 0.29) is 42.8 Å². The van der Waals surface area contributed by atoms with E-state index in [0.717, 1.165) is 35.4 Å². The minimum absolute atomic E-state index is 0.125. The van der Waals surface area contributed by atoms with Gasteiger partial charge in [-0.15, -0.1) is 0 Å². The van der Waals surface area contributed by atoms with Gasteiger partial charge in [0.15, 0.2) is 0 Å². The van der Waals surface area contributed by atoms with Gasteiger partial charge in [0.25, 0.3) is 5.91 Å². The van der Waals surface area contributed by atoms with Crippen molar-refractivity contribution in [3.8, 4) is 0 Å². The highest BCUT2D eigenvalue weighted by molar-refractivity contribution is 6.00. The summed E-state index contributed by atoms with van der Waals surface area (Å²) in [6.45, 7) is 11.4. The van der Waals surface area contributed by atoms with E-state index in [1.807, 2.05) is 39.8 Å². The van der Waals surface area contributed by atoms with Gasteiger partial charge < -0.3 is 25.7 Å². The van der Waals surface area contributed by atoms with Gasteiger partial charge in [-0.05, 0) is 56.7 Å². The molecular weight excluding hydrogens is 536 g/mol. The van der Waals surface area contributed by atoms with E-state index in [2.05, 4.69) is 32.7 Å². The Balaban J connectivity index is 1.63. The molecular formula is C31H46N6O5. The number of carbonyl (C=O) groups is 3. The largest absolute Gasteiger partial charge is 0.395 e. The molecule has 2 fully saturated rings. The Kier molecular flexibility index (Phi) is 10.1. The van der Waals surface area contributed by atoms with Crippen LogP contribution in [-0.4, -0.2) is 98.4 Å². The molecule has 1 unspecified atom stereocenters. The fraction of sp³-hybridized carbons (Fsp3) is 0.613. The number of aliphatic hydroxyl groups is 2. The zero-order chi connectivity index (χ0) is 30.6. The number of aryl methyl sites for hydroxylation is 2. The van der Waals surface area contributed by atoms with E-state index < -0.39 is 17.7 Å². The van der Waals surface area contributed by atoms with Crippen LogP contribution >= 0.6 is 0 Å². The van der Waals surface area contributed by atoms with Gasteiger partial charge in [-0.25, -0.2) is 0 Å². The van der Waals surface area contributed by atoms with Crippen molar-refractivity contribution in [1.29, 1.82) is 0 Å². The Morgan fingerprint density at radius 1 is 1.17 bits per heavy atom. The molecule has 1 aromatic heterocycles. The molecule has 42 heavy (non-hydrogen) atoms. The minimum atomic E-state index is -0.963. The normalized spacial score (nSPS) is 20.6. The lowest BCUT2D eigenvalue weighted by Gasteiger charge is -2.53. The number of aromatic amines is 1. The molecule has 3 heterocycles. The number of H-pyrrole nitrogens is 1. The lowest BCUT2D eigenvalue weighted by molar-refractivity contribution is -0.165. The number of hydrogen-bond acceptors (Lipinski definition) is 7. The van der Waals surface area contributed by atoms with E-state index in [9.17, 15) is 19.5 Å². The molecule has 1 spiro atoms. The van der Waals surface area contributed by atoms with E-state index in [1.54, 1.807) is 17.0 Å². The molecule has 1 aromatic carbocycles. The number of benzene rings is 1. The number of likely N-dealkylation sites (tertiary alicyclic amines) is 1. The van der Waals surface area contributed by atoms with Gasteiger partial charge in [0.1, 0.15) is 11.6 Å². The molecule has 0 saturated carbocycles. The number of unbranched alkanes of at least 4 members (excludes halogenated alkanes) is 1. The Labute approximate surface area is 248 Å². The fourth-order valence-corrected chi connectivity index (χ4v) is 6.36. The third kappa shape index (κ3) is 6.09. The number of carbonyl (C=O) groups excluding carboxylic acids is 3. The second-order valence-electron chi connectivity index (χ2n) is 11.9. The summed E-state index contributed by atoms with van der Waals surface area (Å²) in [5.41, 5.74) is 3.41. The standard InChI is InChI=1S/C31H46N6O5/c1-6-7-15-37-29(41)25(27(39)19(2)3)33-30(42)31(37)12-16-36(17-13-31)26(24-20(4)34-35-21(24)5)22-8-10-23(11-9-22)28(40)32-14-18-38/h8-11,19,25-27,38-39H,6-7,12-18H2,1-5H3,(H,32,40)(H,33,42)(H,34,35)/t25-,26?,27-/m1/s1. The summed E-state index contributed by atoms with van der Waals surface area (Å²) in [7, 11) is 0. The molecule has 230 valence electrons. The third-order valence-corrected chi connectivity index (χ3v) is 8.85. The number of aromatic nitrogens is 2. The monoisotopic (exact) mass is 582 g/mol. The molecule has 4 rings (SSSR count). The topological polar surface area (TPSA) is 151 Å². The zero-order valence-electron chi connectivity index (χ0n) is 25.4. The molecule has 0 radical (unpaired) electrons. The highest BCUT2D eigenvalue weighted by Crippen LogP contribution is 2.40. The van der Waals surface area contributed by atoms with Crippen LogP contribution in [0.25, 0.3) is 0 Å². The van der Waals surface area contributed by atoms with E-state index in [1.165, 1.54) is 0 Å². The molecule has 2 aliphatic rings. The molecule has 3 amide bonds. The molecule has 0 bridgehead atoms. The quantitative estimate of drug-likeness (QED) is 0.271. The Bertz CT molecular complexity index is 1230. The molecule has 2 saturated heterocycles. The van der Waals surface area contributed by atoms with Gasteiger partial charge in [-0.2, -0.15) is 5.10 Å². The van der Waals surface area contributed by atoms with E-state index in [4.69, 9.17) is 5.11 Å². The van der Waals surface area contributed by atoms with E-state index in [0.29, 0.717) is 38.0 Å². The van der Waals surface area contributed by atoms with Crippen LogP contribution in [0.3, 0.4) is 0 Å². The molecule has 2 aliphatic heterocycles. The highest BCUT2D eigenvalue weighted by Gasteiger charge is 2.55. The minimum Gasteiger partial charge on any atom is -0.395 e. The second kappa shape index (κ2) is 13.4. The number of piperidine rings is 1. The maximum Gasteiger partial charge on any atom is 0.251 e. The maximum absolute atomic E-state index is 13.8. The third-order valence-electron chi connectivity index (χ3n) is 8.85. The smallest absolute Gasteiger partial charge is 0.251 e. The van der Waals surface area contributed by atoms with Crippen molar-refractivity contribution in [3.63, 3.8) is 0 Å². The number of rotatable bonds is 11. The van der Waals surface area contributed by atoms with Crippen molar-refractivity contribution in [1.82, 2.24) is 30.6 Å².